The minimum Gasteiger partial charge on any atom is -1.00 e. The number of carbonyl (C=O) groups is 1. The van der Waals surface area contributed by atoms with Crippen LogP contribution in [0, 0.1) is 0 Å². The van der Waals surface area contributed by atoms with Crippen LogP contribution in [0.2, 0.25) is 0 Å². The fourth-order valence-electron chi connectivity index (χ4n) is 1.93. The summed E-state index contributed by atoms with van der Waals surface area (Å²) in [5.41, 5.74) is 0. The third kappa shape index (κ3) is 4.67. The van der Waals surface area contributed by atoms with Crippen LogP contribution in [0.3, 0.4) is 0 Å². The molecule has 0 saturated heterocycles. The van der Waals surface area contributed by atoms with Gasteiger partial charge in [-0.05, 0) is 32.9 Å². The third-order valence-corrected chi connectivity index (χ3v) is 3.45. The van der Waals surface area contributed by atoms with Crippen molar-refractivity contribution in [2.45, 2.75) is 20.8 Å². The first kappa shape index (κ1) is 16.9. The number of likely N-dealkylation sites (N-methyl/N-ethyl adjacent to an activating group) is 1. The average molecular weight is 272 g/mol. The van der Waals surface area contributed by atoms with Crippen LogP contribution in [-0.2, 0) is 4.79 Å². The first-order valence-electron chi connectivity index (χ1n) is 6.26. The number of rotatable bonds is 6. The molecule has 0 saturated carbocycles. The second kappa shape index (κ2) is 8.11. The van der Waals surface area contributed by atoms with Gasteiger partial charge in [0.25, 0.3) is 0 Å². The summed E-state index contributed by atoms with van der Waals surface area (Å²) >= 11 is 0. The summed E-state index contributed by atoms with van der Waals surface area (Å²) in [5.74, 6) is 0.473. The number of hydrogen-bond donors (Lipinski definition) is 0. The molecule has 1 aromatic rings. The smallest absolute Gasteiger partial charge is 0.367 e. The molecule has 1 rings (SSSR count). The summed E-state index contributed by atoms with van der Waals surface area (Å²) in [6.45, 7) is 9.65. The van der Waals surface area contributed by atoms with E-state index in [0.717, 1.165) is 24.1 Å². The molecular formula is C14H22ClNO2. The summed E-state index contributed by atoms with van der Waals surface area (Å²) in [7, 11) is 0. The van der Waals surface area contributed by atoms with E-state index in [9.17, 15) is 4.79 Å². The van der Waals surface area contributed by atoms with Crippen LogP contribution in [-0.4, -0.2) is 36.6 Å². The molecule has 0 amide bonds. The number of ether oxygens (including phenoxy) is 1. The van der Waals surface area contributed by atoms with Gasteiger partial charge in [0.2, 0.25) is 0 Å². The van der Waals surface area contributed by atoms with Gasteiger partial charge < -0.3 is 21.6 Å². The molecule has 0 bridgehead atoms. The SMILES string of the molecule is CC[N+](CC)(CC)CC(=O)Oc1ccccc1.[Cl-]. The van der Waals surface area contributed by atoms with E-state index < -0.39 is 0 Å². The number of para-hydroxylation sites is 1. The van der Waals surface area contributed by atoms with Crippen molar-refractivity contribution in [3.05, 3.63) is 30.3 Å². The van der Waals surface area contributed by atoms with Crippen molar-refractivity contribution < 1.29 is 26.4 Å². The Morgan fingerprint density at radius 2 is 1.56 bits per heavy atom. The normalized spacial score (nSPS) is 10.6. The highest BCUT2D eigenvalue weighted by Crippen LogP contribution is 2.11. The van der Waals surface area contributed by atoms with Crippen molar-refractivity contribution in [2.24, 2.45) is 0 Å². The molecule has 3 nitrogen and oxygen atoms in total. The Balaban J connectivity index is 0.00000289. The highest BCUT2D eigenvalue weighted by atomic mass is 35.5. The maximum Gasteiger partial charge on any atom is 0.367 e. The average Bonchev–Trinajstić information content (AvgIpc) is 2.37. The Morgan fingerprint density at radius 3 is 2.00 bits per heavy atom. The van der Waals surface area contributed by atoms with Gasteiger partial charge in [-0.25, -0.2) is 4.79 Å². The summed E-state index contributed by atoms with van der Waals surface area (Å²) in [6.07, 6.45) is 0. The van der Waals surface area contributed by atoms with Gasteiger partial charge in [0.1, 0.15) is 5.75 Å². The molecule has 0 radical (unpaired) electrons. The summed E-state index contributed by atoms with van der Waals surface area (Å²) < 4.78 is 6.10. The van der Waals surface area contributed by atoms with E-state index in [1.807, 2.05) is 18.2 Å². The molecule has 0 aliphatic heterocycles. The summed E-state index contributed by atoms with van der Waals surface area (Å²) in [6, 6.07) is 9.24. The Hall–Kier alpha value is -1.06. The number of hydrogen-bond acceptors (Lipinski definition) is 2. The number of quaternary nitrogens is 1. The molecule has 0 unspecified atom stereocenters. The monoisotopic (exact) mass is 271 g/mol. The number of benzene rings is 1. The van der Waals surface area contributed by atoms with Crippen LogP contribution in [0.25, 0.3) is 0 Å². The molecule has 102 valence electrons. The largest absolute Gasteiger partial charge is 1.00 e. The van der Waals surface area contributed by atoms with Gasteiger partial charge >= 0.3 is 5.97 Å². The van der Waals surface area contributed by atoms with Crippen molar-refractivity contribution >= 4 is 5.97 Å². The molecule has 0 heterocycles. The zero-order valence-electron chi connectivity index (χ0n) is 11.4. The van der Waals surface area contributed by atoms with Gasteiger partial charge in [-0.2, -0.15) is 0 Å². The van der Waals surface area contributed by atoms with E-state index in [4.69, 9.17) is 4.74 Å². The predicted octanol–water partition coefficient (Wildman–Crippen LogP) is -0.527. The molecule has 0 aromatic heterocycles. The van der Waals surface area contributed by atoms with Crippen LogP contribution < -0.4 is 17.1 Å². The molecule has 18 heavy (non-hydrogen) atoms. The molecule has 0 spiro atoms. The highest BCUT2D eigenvalue weighted by molar-refractivity contribution is 5.73. The topological polar surface area (TPSA) is 26.3 Å². The molecule has 0 aliphatic rings. The first-order valence-corrected chi connectivity index (χ1v) is 6.26. The Morgan fingerprint density at radius 1 is 1.06 bits per heavy atom. The number of carbonyl (C=O) groups excluding carboxylic acids is 1. The lowest BCUT2D eigenvalue weighted by atomic mass is 10.3. The Labute approximate surface area is 116 Å². The van der Waals surface area contributed by atoms with Crippen LogP contribution in [0.1, 0.15) is 20.8 Å². The highest BCUT2D eigenvalue weighted by Gasteiger charge is 2.25. The quantitative estimate of drug-likeness (QED) is 0.395. The lowest BCUT2D eigenvalue weighted by Gasteiger charge is -2.34. The fraction of sp³-hybridized carbons (Fsp3) is 0.500. The summed E-state index contributed by atoms with van der Waals surface area (Å²) in [4.78, 5) is 11.9. The van der Waals surface area contributed by atoms with Gasteiger partial charge in [0, 0.05) is 0 Å². The Bertz CT molecular complexity index is 342. The first-order chi connectivity index (χ1) is 8.15. The van der Waals surface area contributed by atoms with Crippen molar-refractivity contribution in [1.29, 1.82) is 0 Å². The maximum atomic E-state index is 11.9. The van der Waals surface area contributed by atoms with E-state index in [0.29, 0.717) is 12.3 Å². The van der Waals surface area contributed by atoms with Gasteiger partial charge in [0.05, 0.1) is 19.6 Å². The zero-order valence-corrected chi connectivity index (χ0v) is 12.1. The van der Waals surface area contributed by atoms with Gasteiger partial charge in [-0.3, -0.25) is 0 Å². The van der Waals surface area contributed by atoms with Crippen LogP contribution >= 0.6 is 0 Å². The molecule has 4 heteroatoms. The van der Waals surface area contributed by atoms with Crippen molar-refractivity contribution in [1.82, 2.24) is 0 Å². The minimum atomic E-state index is -0.151. The van der Waals surface area contributed by atoms with E-state index in [1.165, 1.54) is 0 Å². The van der Waals surface area contributed by atoms with Crippen molar-refractivity contribution in [2.75, 3.05) is 26.2 Å². The Kier molecular flexibility index (Phi) is 7.64. The number of halogens is 1. The standard InChI is InChI=1S/C14H22NO2.ClH/c1-4-15(5-2,6-3)12-14(16)17-13-10-8-7-9-11-13;/h7-11H,4-6,12H2,1-3H3;1H/q+1;/p-1. The number of esters is 1. The summed E-state index contributed by atoms with van der Waals surface area (Å²) in [5, 5.41) is 0. The molecular weight excluding hydrogens is 250 g/mol. The van der Waals surface area contributed by atoms with E-state index in [-0.39, 0.29) is 18.4 Å². The lowest BCUT2D eigenvalue weighted by Crippen LogP contribution is -3.00. The lowest BCUT2D eigenvalue weighted by molar-refractivity contribution is -0.916. The van der Waals surface area contributed by atoms with E-state index >= 15 is 0 Å². The van der Waals surface area contributed by atoms with E-state index in [2.05, 4.69) is 20.8 Å². The van der Waals surface area contributed by atoms with Gasteiger partial charge in [-0.1, -0.05) is 18.2 Å². The van der Waals surface area contributed by atoms with Crippen LogP contribution in [0.5, 0.6) is 5.75 Å². The van der Waals surface area contributed by atoms with Gasteiger partial charge in [-0.15, -0.1) is 0 Å². The molecule has 0 N–H and O–H groups in total. The van der Waals surface area contributed by atoms with Crippen molar-refractivity contribution in [3.63, 3.8) is 0 Å². The maximum absolute atomic E-state index is 11.9. The third-order valence-electron chi connectivity index (χ3n) is 3.45. The molecule has 1 aromatic carbocycles. The van der Waals surface area contributed by atoms with Crippen LogP contribution in [0.15, 0.2) is 30.3 Å². The predicted molar refractivity (Wildman–Crippen MR) is 68.8 cm³/mol. The second-order valence-electron chi connectivity index (χ2n) is 4.24. The van der Waals surface area contributed by atoms with Gasteiger partial charge in [0.15, 0.2) is 6.54 Å². The minimum absolute atomic E-state index is 0. The van der Waals surface area contributed by atoms with Crippen LogP contribution in [0.4, 0.5) is 0 Å². The second-order valence-corrected chi connectivity index (χ2v) is 4.24. The molecule has 0 atom stereocenters. The molecule has 0 fully saturated rings. The molecule has 0 aliphatic carbocycles. The number of nitrogens with zero attached hydrogens (tertiary/aromatic N) is 1. The van der Waals surface area contributed by atoms with Crippen molar-refractivity contribution in [3.8, 4) is 5.75 Å². The zero-order chi connectivity index (χ0) is 12.7. The fourth-order valence-corrected chi connectivity index (χ4v) is 1.93. The van der Waals surface area contributed by atoms with E-state index in [1.54, 1.807) is 12.1 Å².